The van der Waals surface area contributed by atoms with Crippen molar-refractivity contribution < 1.29 is 27.5 Å². The molecule has 2 atom stereocenters. The number of nitrogens with one attached hydrogen (secondary N) is 1. The number of ether oxygens (including phenoxy) is 1. The maximum absolute atomic E-state index is 13.0. The Morgan fingerprint density at radius 2 is 1.90 bits per heavy atom. The fourth-order valence-electron chi connectivity index (χ4n) is 4.20. The van der Waals surface area contributed by atoms with Crippen LogP contribution in [0.2, 0.25) is 0 Å². The third-order valence-corrected chi connectivity index (χ3v) is 5.66. The number of hydrogen-bond donors (Lipinski definition) is 1. The molecule has 30 heavy (non-hydrogen) atoms. The second kappa shape index (κ2) is 8.47. The van der Waals surface area contributed by atoms with Crippen LogP contribution in [0.15, 0.2) is 34.9 Å². The molecule has 2 aliphatic carbocycles. The Morgan fingerprint density at radius 3 is 2.57 bits per heavy atom. The van der Waals surface area contributed by atoms with Crippen LogP contribution in [0.1, 0.15) is 52.9 Å². The molecule has 0 radical (unpaired) electrons. The van der Waals surface area contributed by atoms with E-state index in [1.165, 1.54) is 6.08 Å². The van der Waals surface area contributed by atoms with Gasteiger partial charge in [0.05, 0.1) is 5.57 Å². The predicted octanol–water partition coefficient (Wildman–Crippen LogP) is 4.66. The number of rotatable bonds is 2. The highest BCUT2D eigenvalue weighted by molar-refractivity contribution is 5.80. The molecule has 0 aromatic heterocycles. The molecule has 1 aliphatic heterocycles. The zero-order valence-corrected chi connectivity index (χ0v) is 17.6. The van der Waals surface area contributed by atoms with E-state index in [0.29, 0.717) is 38.8 Å². The Balaban J connectivity index is 1.55. The molecule has 1 saturated carbocycles. The summed E-state index contributed by atoms with van der Waals surface area (Å²) in [5.74, 6) is -0.169. The van der Waals surface area contributed by atoms with E-state index in [4.69, 9.17) is 4.74 Å². The average molecular weight is 426 g/mol. The summed E-state index contributed by atoms with van der Waals surface area (Å²) in [4.78, 5) is 26.7. The van der Waals surface area contributed by atoms with E-state index in [0.717, 1.165) is 17.2 Å². The highest BCUT2D eigenvalue weighted by Gasteiger charge is 2.36. The molecule has 166 valence electrons. The van der Waals surface area contributed by atoms with Crippen molar-refractivity contribution in [1.82, 2.24) is 10.2 Å². The van der Waals surface area contributed by atoms with Gasteiger partial charge in [0.15, 0.2) is 0 Å². The van der Waals surface area contributed by atoms with Crippen LogP contribution in [0.4, 0.5) is 18.0 Å². The van der Waals surface area contributed by atoms with Crippen molar-refractivity contribution >= 4 is 12.0 Å². The predicted molar refractivity (Wildman–Crippen MR) is 107 cm³/mol. The molecule has 1 fully saturated rings. The standard InChI is InChI=1S/C22H29F3N2O3/c1-21(2,3)30-20(29)26-18-9-6-15(12-18)19(28)27-11-10-14-4-7-17(22(23,24)25)8-5-16(14)13-27/h4,7-8,15,18H,5-6,9-13H2,1-3H3,(H,26,29)/t15-,18+/m0/s1. The number of carbonyl (C=O) groups is 2. The Kier molecular flexibility index (Phi) is 6.34. The van der Waals surface area contributed by atoms with E-state index in [1.54, 1.807) is 31.7 Å². The maximum atomic E-state index is 13.0. The molecule has 0 saturated heterocycles. The SMILES string of the molecule is CC(C)(C)OC(=O)N[C@@H]1CC[C@H](C(=O)N2CCC3=C(CC=C(C(F)(F)F)C=C3)C2)C1. The Hall–Kier alpha value is -2.25. The smallest absolute Gasteiger partial charge is 0.416 e. The van der Waals surface area contributed by atoms with Gasteiger partial charge in [-0.25, -0.2) is 4.79 Å². The van der Waals surface area contributed by atoms with Crippen molar-refractivity contribution in [1.29, 1.82) is 0 Å². The van der Waals surface area contributed by atoms with Crippen LogP contribution >= 0.6 is 0 Å². The monoisotopic (exact) mass is 426 g/mol. The molecule has 5 nitrogen and oxygen atoms in total. The Bertz CT molecular complexity index is 790. The molecule has 0 bridgehead atoms. The number of halogens is 3. The van der Waals surface area contributed by atoms with Crippen LogP contribution in [0, 0.1) is 5.92 Å². The molecule has 3 rings (SSSR count). The van der Waals surface area contributed by atoms with Gasteiger partial charge in [0, 0.05) is 25.0 Å². The average Bonchev–Trinajstić information content (AvgIpc) is 2.95. The first kappa shape index (κ1) is 22.4. The number of hydrogen-bond acceptors (Lipinski definition) is 3. The lowest BCUT2D eigenvalue weighted by Crippen LogP contribution is -2.41. The number of alkyl halides is 3. The summed E-state index contributed by atoms with van der Waals surface area (Å²) in [5, 5.41) is 2.83. The van der Waals surface area contributed by atoms with Gasteiger partial charge in [0.2, 0.25) is 5.91 Å². The van der Waals surface area contributed by atoms with Gasteiger partial charge in [0.1, 0.15) is 5.60 Å². The van der Waals surface area contributed by atoms with Crippen LogP contribution < -0.4 is 5.32 Å². The largest absolute Gasteiger partial charge is 0.444 e. The Morgan fingerprint density at radius 1 is 1.17 bits per heavy atom. The lowest BCUT2D eigenvalue weighted by Gasteiger charge is -2.31. The van der Waals surface area contributed by atoms with E-state index >= 15 is 0 Å². The lowest BCUT2D eigenvalue weighted by atomic mass is 9.96. The van der Waals surface area contributed by atoms with E-state index in [-0.39, 0.29) is 24.3 Å². The summed E-state index contributed by atoms with van der Waals surface area (Å²) in [5.41, 5.74) is 0.545. The molecule has 0 aromatic carbocycles. The van der Waals surface area contributed by atoms with E-state index in [1.807, 2.05) is 0 Å². The first-order valence-corrected chi connectivity index (χ1v) is 10.4. The van der Waals surface area contributed by atoms with Crippen molar-refractivity contribution in [3.63, 3.8) is 0 Å². The first-order chi connectivity index (χ1) is 13.9. The molecular formula is C22H29F3N2O3. The number of nitrogens with zero attached hydrogens (tertiary/aromatic N) is 1. The van der Waals surface area contributed by atoms with E-state index < -0.39 is 23.4 Å². The fourth-order valence-corrected chi connectivity index (χ4v) is 4.20. The van der Waals surface area contributed by atoms with Gasteiger partial charge in [-0.05, 0) is 64.0 Å². The second-order valence-corrected chi connectivity index (χ2v) is 9.19. The third-order valence-electron chi connectivity index (χ3n) is 5.66. The molecule has 1 heterocycles. The summed E-state index contributed by atoms with van der Waals surface area (Å²) in [6.07, 6.45) is 1.73. The fraction of sp³-hybridized carbons (Fsp3) is 0.636. The number of carbonyl (C=O) groups excluding carboxylic acids is 2. The number of alkyl carbamates (subject to hydrolysis) is 1. The van der Waals surface area contributed by atoms with Crippen LogP contribution in [0.3, 0.4) is 0 Å². The van der Waals surface area contributed by atoms with E-state index in [2.05, 4.69) is 5.32 Å². The molecule has 8 heteroatoms. The van der Waals surface area contributed by atoms with Gasteiger partial charge >= 0.3 is 12.3 Å². The summed E-state index contributed by atoms with van der Waals surface area (Å²) in [6.45, 7) is 6.25. The van der Waals surface area contributed by atoms with Gasteiger partial charge in [-0.15, -0.1) is 0 Å². The molecule has 0 spiro atoms. The van der Waals surface area contributed by atoms with Gasteiger partial charge < -0.3 is 15.0 Å². The van der Waals surface area contributed by atoms with Gasteiger partial charge in [-0.2, -0.15) is 13.2 Å². The van der Waals surface area contributed by atoms with Crippen LogP contribution in [0.5, 0.6) is 0 Å². The normalized spacial score (nSPS) is 24.9. The van der Waals surface area contributed by atoms with Crippen LogP contribution in [-0.4, -0.2) is 47.8 Å². The molecular weight excluding hydrogens is 397 g/mol. The number of amides is 2. The minimum absolute atomic E-state index is 0.0169. The van der Waals surface area contributed by atoms with Gasteiger partial charge in [-0.1, -0.05) is 18.2 Å². The molecule has 0 aromatic rings. The van der Waals surface area contributed by atoms with Crippen molar-refractivity contribution in [3.05, 3.63) is 34.9 Å². The Labute approximate surface area is 175 Å². The highest BCUT2D eigenvalue weighted by atomic mass is 19.4. The molecule has 1 N–H and O–H groups in total. The topological polar surface area (TPSA) is 58.6 Å². The molecule has 0 unspecified atom stereocenters. The summed E-state index contributed by atoms with van der Waals surface area (Å²) in [7, 11) is 0. The summed E-state index contributed by atoms with van der Waals surface area (Å²) < 4.78 is 44.2. The quantitative estimate of drug-likeness (QED) is 0.699. The van der Waals surface area contributed by atoms with Crippen molar-refractivity contribution in [2.75, 3.05) is 13.1 Å². The van der Waals surface area contributed by atoms with Crippen LogP contribution in [0.25, 0.3) is 0 Å². The van der Waals surface area contributed by atoms with Gasteiger partial charge in [-0.3, -0.25) is 4.79 Å². The van der Waals surface area contributed by atoms with Crippen LogP contribution in [-0.2, 0) is 9.53 Å². The summed E-state index contributed by atoms with van der Waals surface area (Å²) >= 11 is 0. The zero-order valence-electron chi connectivity index (χ0n) is 17.6. The van der Waals surface area contributed by atoms with Crippen molar-refractivity contribution in [3.8, 4) is 0 Å². The molecule has 2 amide bonds. The van der Waals surface area contributed by atoms with Gasteiger partial charge in [0.25, 0.3) is 0 Å². The lowest BCUT2D eigenvalue weighted by molar-refractivity contribution is -0.135. The zero-order chi connectivity index (χ0) is 22.1. The second-order valence-electron chi connectivity index (χ2n) is 9.19. The number of allylic oxidation sites excluding steroid dienone is 4. The molecule has 3 aliphatic rings. The van der Waals surface area contributed by atoms with E-state index in [9.17, 15) is 22.8 Å². The highest BCUT2D eigenvalue weighted by Crippen LogP contribution is 2.34. The minimum atomic E-state index is -4.36. The minimum Gasteiger partial charge on any atom is -0.444 e. The maximum Gasteiger partial charge on any atom is 0.416 e. The first-order valence-electron chi connectivity index (χ1n) is 10.4. The van der Waals surface area contributed by atoms with Crippen molar-refractivity contribution in [2.45, 2.75) is 70.7 Å². The van der Waals surface area contributed by atoms with Crippen molar-refractivity contribution in [2.24, 2.45) is 5.92 Å². The summed E-state index contributed by atoms with van der Waals surface area (Å²) in [6, 6.07) is -0.105. The third kappa shape index (κ3) is 5.67.